The first-order chi connectivity index (χ1) is 12.1. The Morgan fingerprint density at radius 3 is 2.64 bits per heavy atom. The van der Waals surface area contributed by atoms with Crippen LogP contribution in [0.2, 0.25) is 0 Å². The van der Waals surface area contributed by atoms with E-state index < -0.39 is 17.9 Å². The van der Waals surface area contributed by atoms with Crippen LogP contribution in [0.3, 0.4) is 0 Å². The van der Waals surface area contributed by atoms with Crippen LogP contribution >= 0.6 is 0 Å². The molecule has 1 N–H and O–H groups in total. The molecular formula is C19H20N2O4. The zero-order valence-electron chi connectivity index (χ0n) is 14.0. The van der Waals surface area contributed by atoms with E-state index in [0.717, 1.165) is 11.3 Å². The molecule has 1 fully saturated rings. The fourth-order valence-electron chi connectivity index (χ4n) is 3.27. The van der Waals surface area contributed by atoms with E-state index in [4.69, 9.17) is 4.74 Å². The third kappa shape index (κ3) is 3.63. The highest BCUT2D eigenvalue weighted by Gasteiger charge is 2.44. The number of hydrogen-bond donors (Lipinski definition) is 1. The lowest BCUT2D eigenvalue weighted by Crippen LogP contribution is -2.32. The van der Waals surface area contributed by atoms with Crippen LogP contribution in [0, 0.1) is 5.92 Å². The molecule has 0 radical (unpaired) electrons. The molecule has 0 spiro atoms. The summed E-state index contributed by atoms with van der Waals surface area (Å²) in [5.41, 5.74) is 1.68. The van der Waals surface area contributed by atoms with Gasteiger partial charge < -0.3 is 14.7 Å². The molecule has 1 aromatic heterocycles. The largest absolute Gasteiger partial charge is 0.497 e. The molecule has 1 aliphatic heterocycles. The number of hydrogen-bond acceptors (Lipinski definition) is 4. The van der Waals surface area contributed by atoms with Gasteiger partial charge in [-0.05, 0) is 29.8 Å². The molecule has 6 nitrogen and oxygen atoms in total. The Labute approximate surface area is 146 Å². The molecule has 25 heavy (non-hydrogen) atoms. The Balaban J connectivity index is 1.84. The SMILES string of the molecule is COc1ccc(C2C(C(=O)O)CC(=O)N2CCc2ccccn2)cc1. The fourth-order valence-corrected chi connectivity index (χ4v) is 3.27. The molecule has 1 amide bonds. The van der Waals surface area contributed by atoms with Crippen molar-refractivity contribution in [2.24, 2.45) is 5.92 Å². The minimum absolute atomic E-state index is 0.0221. The molecule has 2 heterocycles. The third-order valence-corrected chi connectivity index (χ3v) is 4.54. The van der Waals surface area contributed by atoms with Gasteiger partial charge in [0.15, 0.2) is 0 Å². The molecule has 3 rings (SSSR count). The summed E-state index contributed by atoms with van der Waals surface area (Å²) in [5.74, 6) is -1.14. The number of carboxylic acids is 1. The number of carboxylic acid groups (broad SMARTS) is 1. The summed E-state index contributed by atoms with van der Waals surface area (Å²) < 4.78 is 5.15. The van der Waals surface area contributed by atoms with Crippen LogP contribution in [0.25, 0.3) is 0 Å². The van der Waals surface area contributed by atoms with E-state index in [-0.39, 0.29) is 12.3 Å². The highest BCUT2D eigenvalue weighted by molar-refractivity contribution is 5.87. The first kappa shape index (κ1) is 17.0. The van der Waals surface area contributed by atoms with E-state index >= 15 is 0 Å². The van der Waals surface area contributed by atoms with E-state index in [1.54, 1.807) is 30.3 Å². The van der Waals surface area contributed by atoms with Crippen molar-refractivity contribution < 1.29 is 19.4 Å². The lowest BCUT2D eigenvalue weighted by molar-refractivity contribution is -0.142. The highest BCUT2D eigenvalue weighted by atomic mass is 16.5. The molecule has 130 valence electrons. The first-order valence-electron chi connectivity index (χ1n) is 8.16. The Hall–Kier alpha value is -2.89. The Kier molecular flexibility index (Phi) is 4.97. The van der Waals surface area contributed by atoms with Crippen molar-refractivity contribution in [1.29, 1.82) is 0 Å². The number of amides is 1. The second-order valence-electron chi connectivity index (χ2n) is 6.03. The van der Waals surface area contributed by atoms with Crippen LogP contribution in [0.5, 0.6) is 5.75 Å². The molecule has 2 aromatic rings. The summed E-state index contributed by atoms with van der Waals surface area (Å²) >= 11 is 0. The number of aliphatic carboxylic acids is 1. The quantitative estimate of drug-likeness (QED) is 0.873. The van der Waals surface area contributed by atoms with Crippen molar-refractivity contribution in [2.45, 2.75) is 18.9 Å². The number of benzene rings is 1. The minimum Gasteiger partial charge on any atom is -0.497 e. The summed E-state index contributed by atoms with van der Waals surface area (Å²) in [5, 5.41) is 9.55. The maximum Gasteiger partial charge on any atom is 0.309 e. The summed E-state index contributed by atoms with van der Waals surface area (Å²) in [4.78, 5) is 30.0. The maximum absolute atomic E-state index is 12.4. The van der Waals surface area contributed by atoms with E-state index in [1.165, 1.54) is 0 Å². The van der Waals surface area contributed by atoms with Gasteiger partial charge in [-0.25, -0.2) is 0 Å². The van der Waals surface area contributed by atoms with Crippen LogP contribution in [-0.2, 0) is 16.0 Å². The molecular weight excluding hydrogens is 320 g/mol. The van der Waals surface area contributed by atoms with E-state index in [2.05, 4.69) is 4.98 Å². The maximum atomic E-state index is 12.4. The van der Waals surface area contributed by atoms with E-state index in [0.29, 0.717) is 18.7 Å². The van der Waals surface area contributed by atoms with Gasteiger partial charge in [0.25, 0.3) is 0 Å². The molecule has 0 saturated carbocycles. The van der Waals surface area contributed by atoms with Crippen molar-refractivity contribution in [3.8, 4) is 5.75 Å². The van der Waals surface area contributed by atoms with Gasteiger partial charge in [-0.1, -0.05) is 18.2 Å². The van der Waals surface area contributed by atoms with Gasteiger partial charge in [0.1, 0.15) is 5.75 Å². The van der Waals surface area contributed by atoms with Crippen LogP contribution in [-0.4, -0.2) is 40.5 Å². The van der Waals surface area contributed by atoms with Gasteiger partial charge in [-0.2, -0.15) is 0 Å². The van der Waals surface area contributed by atoms with Crippen LogP contribution in [0.4, 0.5) is 0 Å². The van der Waals surface area contributed by atoms with Gasteiger partial charge in [-0.15, -0.1) is 0 Å². The molecule has 1 aliphatic rings. The lowest BCUT2D eigenvalue weighted by Gasteiger charge is -2.27. The number of rotatable bonds is 6. The van der Waals surface area contributed by atoms with Crippen LogP contribution < -0.4 is 4.74 Å². The number of methoxy groups -OCH3 is 1. The van der Waals surface area contributed by atoms with Crippen molar-refractivity contribution in [1.82, 2.24) is 9.88 Å². The number of carbonyl (C=O) groups excluding carboxylic acids is 1. The second-order valence-corrected chi connectivity index (χ2v) is 6.03. The molecule has 2 unspecified atom stereocenters. The van der Waals surface area contributed by atoms with Crippen molar-refractivity contribution >= 4 is 11.9 Å². The highest BCUT2D eigenvalue weighted by Crippen LogP contribution is 2.38. The van der Waals surface area contributed by atoms with E-state index in [1.807, 2.05) is 30.3 Å². The smallest absolute Gasteiger partial charge is 0.309 e. The predicted octanol–water partition coefficient (Wildman–Crippen LogP) is 2.31. The molecule has 2 atom stereocenters. The van der Waals surface area contributed by atoms with Crippen molar-refractivity contribution in [3.63, 3.8) is 0 Å². The monoisotopic (exact) mass is 340 g/mol. The minimum atomic E-state index is -0.950. The van der Waals surface area contributed by atoms with Gasteiger partial charge in [0, 0.05) is 31.3 Å². The third-order valence-electron chi connectivity index (χ3n) is 4.54. The average molecular weight is 340 g/mol. The van der Waals surface area contributed by atoms with Crippen LogP contribution in [0.1, 0.15) is 23.7 Å². The molecule has 0 bridgehead atoms. The number of aromatic nitrogens is 1. The normalized spacial score (nSPS) is 19.9. The Morgan fingerprint density at radius 2 is 2.04 bits per heavy atom. The zero-order valence-corrected chi connectivity index (χ0v) is 14.0. The van der Waals surface area contributed by atoms with Crippen molar-refractivity contribution in [3.05, 3.63) is 59.9 Å². The summed E-state index contributed by atoms with van der Waals surface area (Å²) in [6.07, 6.45) is 2.32. The predicted molar refractivity (Wildman–Crippen MR) is 91.1 cm³/mol. The van der Waals surface area contributed by atoms with E-state index in [9.17, 15) is 14.7 Å². The number of pyridine rings is 1. The summed E-state index contributed by atoms with van der Waals surface area (Å²) in [7, 11) is 1.58. The average Bonchev–Trinajstić information content (AvgIpc) is 2.97. The number of carbonyl (C=O) groups is 2. The second kappa shape index (κ2) is 7.34. The topological polar surface area (TPSA) is 79.7 Å². The van der Waals surface area contributed by atoms with Gasteiger partial charge in [-0.3, -0.25) is 14.6 Å². The molecule has 1 saturated heterocycles. The summed E-state index contributed by atoms with van der Waals surface area (Å²) in [6.45, 7) is 0.441. The Morgan fingerprint density at radius 1 is 1.28 bits per heavy atom. The number of likely N-dealkylation sites (tertiary alicyclic amines) is 1. The standard InChI is InChI=1S/C19H20N2O4/c1-25-15-7-5-13(6-8-15)18-16(19(23)24)12-17(22)21(18)11-9-14-4-2-3-10-20-14/h2-8,10,16,18H,9,11-12H2,1H3,(H,23,24). The van der Waals surface area contributed by atoms with Gasteiger partial charge >= 0.3 is 5.97 Å². The molecule has 6 heteroatoms. The van der Waals surface area contributed by atoms with Crippen LogP contribution in [0.15, 0.2) is 48.7 Å². The van der Waals surface area contributed by atoms with Gasteiger partial charge in [0.05, 0.1) is 19.1 Å². The fraction of sp³-hybridized carbons (Fsp3) is 0.316. The lowest BCUT2D eigenvalue weighted by atomic mass is 9.93. The van der Waals surface area contributed by atoms with Gasteiger partial charge in [0.2, 0.25) is 5.91 Å². The molecule has 1 aromatic carbocycles. The number of ether oxygens (including phenoxy) is 1. The Bertz CT molecular complexity index is 746. The van der Waals surface area contributed by atoms with Crippen molar-refractivity contribution in [2.75, 3.05) is 13.7 Å². The molecule has 0 aliphatic carbocycles. The number of nitrogens with zero attached hydrogens (tertiary/aromatic N) is 2. The zero-order chi connectivity index (χ0) is 17.8. The summed E-state index contributed by atoms with van der Waals surface area (Å²) in [6, 6.07) is 12.4. The first-order valence-corrected chi connectivity index (χ1v) is 8.16.